The number of aromatic nitrogens is 1. The molecule has 2 aromatic rings. The predicted octanol–water partition coefficient (Wildman–Crippen LogP) is 3.37. The zero-order valence-electron chi connectivity index (χ0n) is 13.0. The Morgan fingerprint density at radius 3 is 2.79 bits per heavy atom. The van der Waals surface area contributed by atoms with Gasteiger partial charge in [-0.3, -0.25) is 4.79 Å². The smallest absolute Gasteiger partial charge is 0.337 e. The van der Waals surface area contributed by atoms with Gasteiger partial charge in [-0.2, -0.15) is 0 Å². The molecule has 0 atom stereocenters. The van der Waals surface area contributed by atoms with Gasteiger partial charge in [-0.25, -0.2) is 9.78 Å². The highest BCUT2D eigenvalue weighted by Gasteiger charge is 2.13. The van der Waals surface area contributed by atoms with Gasteiger partial charge in [0.1, 0.15) is 5.82 Å². The molecule has 7 heteroatoms. The van der Waals surface area contributed by atoms with E-state index in [9.17, 15) is 9.59 Å². The summed E-state index contributed by atoms with van der Waals surface area (Å²) in [7, 11) is 1.28. The number of anilines is 2. The number of benzene rings is 1. The zero-order chi connectivity index (χ0) is 17.5. The van der Waals surface area contributed by atoms with E-state index in [2.05, 4.69) is 26.9 Å². The Hall–Kier alpha value is -2.86. The fraction of sp³-hybridized carbons (Fsp3) is 0.118. The topological polar surface area (TPSA) is 80.3 Å². The molecule has 1 aromatic carbocycles. The zero-order valence-corrected chi connectivity index (χ0v) is 13.8. The van der Waals surface area contributed by atoms with Crippen LogP contribution in [0.5, 0.6) is 0 Å². The third-order valence-corrected chi connectivity index (χ3v) is 3.41. The maximum atomic E-state index is 12.4. The molecule has 0 fully saturated rings. The van der Waals surface area contributed by atoms with E-state index in [1.165, 1.54) is 31.5 Å². The molecule has 0 saturated carbocycles. The summed E-state index contributed by atoms with van der Waals surface area (Å²) >= 11 is 6.07. The minimum absolute atomic E-state index is 0.292. The first-order chi connectivity index (χ1) is 11.5. The molecule has 2 N–H and O–H groups in total. The summed E-state index contributed by atoms with van der Waals surface area (Å²) in [6, 6.07) is 7.69. The highest BCUT2D eigenvalue weighted by molar-refractivity contribution is 6.34. The minimum Gasteiger partial charge on any atom is -0.465 e. The molecule has 1 aromatic heterocycles. The van der Waals surface area contributed by atoms with Crippen molar-refractivity contribution < 1.29 is 14.3 Å². The number of carbonyl (C=O) groups excluding carboxylic acids is 2. The van der Waals surface area contributed by atoms with Crippen LogP contribution in [0.4, 0.5) is 11.5 Å². The second-order valence-corrected chi connectivity index (χ2v) is 5.15. The molecule has 0 unspecified atom stereocenters. The van der Waals surface area contributed by atoms with Crippen LogP contribution in [-0.2, 0) is 4.74 Å². The number of pyridine rings is 1. The molecule has 0 spiro atoms. The van der Waals surface area contributed by atoms with Crippen LogP contribution < -0.4 is 10.6 Å². The highest BCUT2D eigenvalue weighted by atomic mass is 35.5. The van der Waals surface area contributed by atoms with Gasteiger partial charge in [0.05, 0.1) is 23.4 Å². The van der Waals surface area contributed by atoms with Crippen LogP contribution in [0.2, 0.25) is 5.02 Å². The maximum absolute atomic E-state index is 12.4. The number of halogens is 1. The van der Waals surface area contributed by atoms with Gasteiger partial charge in [-0.05, 0) is 30.3 Å². The van der Waals surface area contributed by atoms with Crippen molar-refractivity contribution in [3.63, 3.8) is 0 Å². The number of ether oxygens (including phenoxy) is 1. The van der Waals surface area contributed by atoms with Crippen molar-refractivity contribution in [2.75, 3.05) is 24.3 Å². The molecule has 0 bridgehead atoms. The predicted molar refractivity (Wildman–Crippen MR) is 93.7 cm³/mol. The highest BCUT2D eigenvalue weighted by Crippen LogP contribution is 2.24. The summed E-state index contributed by atoms with van der Waals surface area (Å²) in [6.07, 6.45) is 3.21. The van der Waals surface area contributed by atoms with Gasteiger partial charge in [-0.1, -0.05) is 17.7 Å². The van der Waals surface area contributed by atoms with E-state index < -0.39 is 5.97 Å². The van der Waals surface area contributed by atoms with Crippen LogP contribution in [-0.4, -0.2) is 30.5 Å². The number of hydrogen-bond acceptors (Lipinski definition) is 5. The van der Waals surface area contributed by atoms with Gasteiger partial charge in [0.2, 0.25) is 0 Å². The Bertz CT molecular complexity index is 777. The summed E-state index contributed by atoms with van der Waals surface area (Å²) in [5, 5.41) is 5.99. The second kappa shape index (κ2) is 8.12. The molecule has 0 aliphatic rings. The first-order valence-corrected chi connectivity index (χ1v) is 7.43. The van der Waals surface area contributed by atoms with Crippen molar-refractivity contribution in [3.8, 4) is 0 Å². The maximum Gasteiger partial charge on any atom is 0.337 e. The molecule has 0 aliphatic carbocycles. The number of hydrogen-bond donors (Lipinski definition) is 2. The van der Waals surface area contributed by atoms with Gasteiger partial charge in [0.15, 0.2) is 0 Å². The largest absolute Gasteiger partial charge is 0.465 e. The lowest BCUT2D eigenvalue weighted by Gasteiger charge is -2.10. The van der Waals surface area contributed by atoms with E-state index >= 15 is 0 Å². The van der Waals surface area contributed by atoms with Crippen molar-refractivity contribution in [1.29, 1.82) is 0 Å². The van der Waals surface area contributed by atoms with Crippen molar-refractivity contribution in [2.24, 2.45) is 0 Å². The number of amides is 1. The SMILES string of the molecule is C=CCNc1cc(C(=O)Nc2cc(C(=O)OC)ccc2Cl)ccn1. The monoisotopic (exact) mass is 345 g/mol. The summed E-state index contributed by atoms with van der Waals surface area (Å²) < 4.78 is 4.65. The standard InChI is InChI=1S/C17H16ClN3O3/c1-3-7-19-15-10-11(6-8-20-15)16(22)21-14-9-12(17(23)24-2)4-5-13(14)18/h3-6,8-10H,1,7H2,2H3,(H,19,20)(H,21,22). The molecule has 1 amide bonds. The lowest BCUT2D eigenvalue weighted by atomic mass is 10.2. The van der Waals surface area contributed by atoms with E-state index in [4.69, 9.17) is 11.6 Å². The molecule has 1 heterocycles. The Balaban J connectivity index is 2.20. The van der Waals surface area contributed by atoms with Crippen molar-refractivity contribution in [1.82, 2.24) is 4.98 Å². The fourth-order valence-corrected chi connectivity index (χ4v) is 2.07. The minimum atomic E-state index is -0.512. The first kappa shape index (κ1) is 17.5. The van der Waals surface area contributed by atoms with Crippen LogP contribution >= 0.6 is 11.6 Å². The van der Waals surface area contributed by atoms with Crippen LogP contribution in [0.25, 0.3) is 0 Å². The van der Waals surface area contributed by atoms with E-state index in [1.54, 1.807) is 18.2 Å². The van der Waals surface area contributed by atoms with E-state index in [0.717, 1.165) is 0 Å². The molecular formula is C17H16ClN3O3. The van der Waals surface area contributed by atoms with Crippen molar-refractivity contribution >= 4 is 35.0 Å². The summed E-state index contributed by atoms with van der Waals surface area (Å²) in [5.41, 5.74) is 1.01. The van der Waals surface area contributed by atoms with Crippen molar-refractivity contribution in [3.05, 3.63) is 65.3 Å². The summed E-state index contributed by atoms with van der Waals surface area (Å²) in [4.78, 5) is 28.1. The number of nitrogens with zero attached hydrogens (tertiary/aromatic N) is 1. The van der Waals surface area contributed by atoms with Gasteiger partial charge in [0, 0.05) is 18.3 Å². The van der Waals surface area contributed by atoms with Crippen LogP contribution in [0.1, 0.15) is 20.7 Å². The molecule has 0 radical (unpaired) electrons. The fourth-order valence-electron chi connectivity index (χ4n) is 1.91. The Morgan fingerprint density at radius 1 is 1.29 bits per heavy atom. The Morgan fingerprint density at radius 2 is 2.08 bits per heavy atom. The first-order valence-electron chi connectivity index (χ1n) is 7.05. The average Bonchev–Trinajstić information content (AvgIpc) is 2.61. The van der Waals surface area contributed by atoms with Gasteiger partial charge >= 0.3 is 5.97 Å². The normalized spacial score (nSPS) is 9.92. The molecule has 0 aliphatic heterocycles. The van der Waals surface area contributed by atoms with Gasteiger partial charge in [-0.15, -0.1) is 6.58 Å². The third kappa shape index (κ3) is 4.33. The lowest BCUT2D eigenvalue weighted by Crippen LogP contribution is -2.14. The molecule has 124 valence electrons. The number of carbonyl (C=O) groups is 2. The quantitative estimate of drug-likeness (QED) is 0.619. The molecule has 24 heavy (non-hydrogen) atoms. The van der Waals surface area contributed by atoms with Crippen molar-refractivity contribution in [2.45, 2.75) is 0 Å². The van der Waals surface area contributed by atoms with Crippen LogP contribution in [0.3, 0.4) is 0 Å². The second-order valence-electron chi connectivity index (χ2n) is 4.74. The number of nitrogens with one attached hydrogen (secondary N) is 2. The van der Waals surface area contributed by atoms with Crippen LogP contribution in [0.15, 0.2) is 49.2 Å². The van der Waals surface area contributed by atoms with Crippen LogP contribution in [0, 0.1) is 0 Å². The number of methoxy groups -OCH3 is 1. The summed E-state index contributed by atoms with van der Waals surface area (Å²) in [5.74, 6) is -0.332. The summed E-state index contributed by atoms with van der Waals surface area (Å²) in [6.45, 7) is 4.14. The van der Waals surface area contributed by atoms with E-state index in [-0.39, 0.29) is 5.91 Å². The number of rotatable bonds is 6. The van der Waals surface area contributed by atoms with Gasteiger partial charge < -0.3 is 15.4 Å². The van der Waals surface area contributed by atoms with Gasteiger partial charge in [0.25, 0.3) is 5.91 Å². The van der Waals surface area contributed by atoms with E-state index in [1.807, 2.05) is 0 Å². The number of esters is 1. The molecule has 0 saturated heterocycles. The average molecular weight is 346 g/mol. The third-order valence-electron chi connectivity index (χ3n) is 3.09. The lowest BCUT2D eigenvalue weighted by molar-refractivity contribution is 0.0600. The Labute approximate surface area is 144 Å². The van der Waals surface area contributed by atoms with E-state index in [0.29, 0.717) is 34.2 Å². The molecule has 2 rings (SSSR count). The molecular weight excluding hydrogens is 330 g/mol. The Kier molecular flexibility index (Phi) is 5.92. The molecule has 6 nitrogen and oxygen atoms in total.